The van der Waals surface area contributed by atoms with E-state index in [1.165, 1.54) is 22.7 Å². The van der Waals surface area contributed by atoms with E-state index in [-0.39, 0.29) is 18.8 Å². The van der Waals surface area contributed by atoms with E-state index in [4.69, 9.17) is 25.6 Å². The molecule has 3 heterocycles. The number of hydrogen-bond donors (Lipinski definition) is 0. The third kappa shape index (κ3) is 5.04. The predicted octanol–water partition coefficient (Wildman–Crippen LogP) is 4.02. The van der Waals surface area contributed by atoms with Crippen molar-refractivity contribution >= 4 is 40.4 Å². The van der Waals surface area contributed by atoms with Gasteiger partial charge in [-0.25, -0.2) is 9.79 Å². The van der Waals surface area contributed by atoms with Gasteiger partial charge < -0.3 is 14.2 Å². The highest BCUT2D eigenvalue weighted by Crippen LogP contribution is 2.37. The maximum absolute atomic E-state index is 14.0. The Hall–Kier alpha value is -4.39. The lowest BCUT2D eigenvalue weighted by Crippen LogP contribution is -2.39. The number of esters is 1. The molecule has 4 aromatic rings. The first-order valence-corrected chi connectivity index (χ1v) is 13.8. The van der Waals surface area contributed by atoms with E-state index in [0.29, 0.717) is 37.7 Å². The number of aromatic nitrogens is 1. The topological polar surface area (TPSA) is 79.1 Å². The zero-order valence-electron chi connectivity index (χ0n) is 21.2. The van der Waals surface area contributed by atoms with Crippen molar-refractivity contribution in [2.24, 2.45) is 4.99 Å². The summed E-state index contributed by atoms with van der Waals surface area (Å²) in [6, 6.07) is 18.0. The van der Waals surface area contributed by atoms with Gasteiger partial charge in [0.2, 0.25) is 0 Å². The average molecular weight is 557 g/mol. The quantitative estimate of drug-likeness (QED) is 0.242. The van der Waals surface area contributed by atoms with Crippen LogP contribution < -0.4 is 24.4 Å². The van der Waals surface area contributed by atoms with Gasteiger partial charge in [-0.15, -0.1) is 17.8 Å². The van der Waals surface area contributed by atoms with Gasteiger partial charge in [-0.1, -0.05) is 65.8 Å². The lowest BCUT2D eigenvalue weighted by molar-refractivity contribution is -0.138. The van der Waals surface area contributed by atoms with Gasteiger partial charge in [0.25, 0.3) is 5.56 Å². The highest BCUT2D eigenvalue weighted by Gasteiger charge is 2.35. The zero-order valence-corrected chi connectivity index (χ0v) is 22.9. The van der Waals surface area contributed by atoms with Crippen LogP contribution in [0.25, 0.3) is 11.8 Å². The van der Waals surface area contributed by atoms with Crippen LogP contribution in [0, 0.1) is 12.3 Å². The van der Waals surface area contributed by atoms with Gasteiger partial charge >= 0.3 is 5.97 Å². The molecule has 0 N–H and O–H groups in total. The number of thiazole rings is 1. The smallest absolute Gasteiger partial charge is 0.338 e. The summed E-state index contributed by atoms with van der Waals surface area (Å²) in [7, 11) is 1.54. The molecule has 2 aromatic carbocycles. The van der Waals surface area contributed by atoms with Gasteiger partial charge in [0.15, 0.2) is 16.3 Å². The maximum atomic E-state index is 14.0. The Labute approximate surface area is 233 Å². The van der Waals surface area contributed by atoms with Crippen molar-refractivity contribution in [1.82, 2.24) is 4.57 Å². The first kappa shape index (κ1) is 26.2. The molecule has 1 aliphatic rings. The number of benzene rings is 2. The summed E-state index contributed by atoms with van der Waals surface area (Å²) in [6.07, 6.45) is 7.15. The molecule has 0 saturated heterocycles. The van der Waals surface area contributed by atoms with Gasteiger partial charge in [0.05, 0.1) is 29.5 Å². The Morgan fingerprint density at radius 3 is 2.67 bits per heavy atom. The minimum absolute atomic E-state index is 0.0458. The molecule has 0 aliphatic carbocycles. The first-order valence-electron chi connectivity index (χ1n) is 12.1. The van der Waals surface area contributed by atoms with Crippen molar-refractivity contribution in [3.05, 3.63) is 107 Å². The van der Waals surface area contributed by atoms with Crippen LogP contribution >= 0.6 is 22.7 Å². The summed E-state index contributed by atoms with van der Waals surface area (Å²) < 4.78 is 18.7. The Balaban J connectivity index is 1.79. The van der Waals surface area contributed by atoms with Crippen molar-refractivity contribution in [3.63, 3.8) is 0 Å². The molecule has 0 amide bonds. The molecule has 0 spiro atoms. The molecule has 1 atom stereocenters. The lowest BCUT2D eigenvalue weighted by atomic mass is 9.97. The summed E-state index contributed by atoms with van der Waals surface area (Å²) >= 11 is 2.70. The molecule has 1 aliphatic heterocycles. The highest BCUT2D eigenvalue weighted by atomic mass is 32.1. The Morgan fingerprint density at radius 1 is 1.15 bits per heavy atom. The number of methoxy groups -OCH3 is 1. The summed E-state index contributed by atoms with van der Waals surface area (Å²) in [5.41, 5.74) is 1.92. The van der Waals surface area contributed by atoms with E-state index in [9.17, 15) is 9.59 Å². The van der Waals surface area contributed by atoms with E-state index in [1.54, 1.807) is 30.7 Å². The Bertz CT molecular complexity index is 1760. The minimum atomic E-state index is -0.694. The van der Waals surface area contributed by atoms with Crippen molar-refractivity contribution in [3.8, 4) is 23.8 Å². The molecule has 9 heteroatoms. The van der Waals surface area contributed by atoms with E-state index in [2.05, 4.69) is 5.92 Å². The molecule has 0 unspecified atom stereocenters. The number of hydrogen-bond acceptors (Lipinski definition) is 8. The number of carbonyl (C=O) groups is 1. The fourth-order valence-electron chi connectivity index (χ4n) is 4.37. The van der Waals surface area contributed by atoms with Crippen LogP contribution in [0.5, 0.6) is 11.5 Å². The molecular formula is C30H24N2O5S2. The number of carbonyl (C=O) groups excluding carboxylic acids is 1. The number of fused-ring (bicyclic) bond motifs is 1. The van der Waals surface area contributed by atoms with Gasteiger partial charge in [-0.2, -0.15) is 0 Å². The van der Waals surface area contributed by atoms with Crippen LogP contribution in [-0.2, 0) is 9.53 Å². The van der Waals surface area contributed by atoms with Crippen LogP contribution in [0.15, 0.2) is 81.4 Å². The second-order valence-corrected chi connectivity index (χ2v) is 10.3. The number of thiophene rings is 1. The van der Waals surface area contributed by atoms with E-state index < -0.39 is 12.0 Å². The molecule has 2 aromatic heterocycles. The van der Waals surface area contributed by atoms with Gasteiger partial charge in [0.1, 0.15) is 12.6 Å². The number of ether oxygens (including phenoxy) is 3. The third-order valence-electron chi connectivity index (χ3n) is 6.00. The molecular weight excluding hydrogens is 532 g/mol. The van der Waals surface area contributed by atoms with Crippen LogP contribution in [0.1, 0.15) is 29.0 Å². The molecule has 7 nitrogen and oxygen atoms in total. The van der Waals surface area contributed by atoms with E-state index >= 15 is 0 Å². The lowest BCUT2D eigenvalue weighted by Gasteiger charge is -2.24. The number of terminal acetylenes is 1. The summed E-state index contributed by atoms with van der Waals surface area (Å²) in [4.78, 5) is 33.6. The van der Waals surface area contributed by atoms with Gasteiger partial charge in [0, 0.05) is 16.0 Å². The SMILES string of the molecule is C#CCOc1c(/C=c2\sc3n(c2=O)[C@H](c2cccs2)C(C(=O)OCC)=C(c2ccccc2)N=3)cccc1OC. The fraction of sp³-hybridized carbons (Fsp3) is 0.167. The summed E-state index contributed by atoms with van der Waals surface area (Å²) in [5, 5.41) is 1.92. The van der Waals surface area contributed by atoms with Gasteiger partial charge in [-0.05, 0) is 30.5 Å². The number of para-hydroxylation sites is 1. The van der Waals surface area contributed by atoms with Crippen LogP contribution in [0.4, 0.5) is 0 Å². The number of rotatable bonds is 8. The monoisotopic (exact) mass is 556 g/mol. The Kier molecular flexibility index (Phi) is 7.77. The van der Waals surface area contributed by atoms with Crippen molar-refractivity contribution in [2.45, 2.75) is 13.0 Å². The van der Waals surface area contributed by atoms with Crippen LogP contribution in [0.2, 0.25) is 0 Å². The molecule has 0 fully saturated rings. The third-order valence-corrected chi connectivity index (χ3v) is 7.91. The standard InChI is InChI=1S/C30H24N2O5S2/c1-4-16-37-27-20(13-9-14-21(27)35-3)18-23-28(33)32-26(22-15-10-17-38-22)24(29(34)36-5-2)25(31-30(32)39-23)19-11-7-6-8-12-19/h1,6-15,17-18,26H,5,16H2,2-3H3/b23-18-/t26-/m1/s1. The predicted molar refractivity (Wildman–Crippen MR) is 153 cm³/mol. The van der Waals surface area contributed by atoms with E-state index in [0.717, 1.165) is 10.4 Å². The number of nitrogens with zero attached hydrogens (tertiary/aromatic N) is 2. The zero-order chi connectivity index (χ0) is 27.4. The molecule has 5 rings (SSSR count). The molecule has 0 bridgehead atoms. The summed E-state index contributed by atoms with van der Waals surface area (Å²) in [6.45, 7) is 2.00. The Morgan fingerprint density at radius 2 is 1.97 bits per heavy atom. The second-order valence-electron chi connectivity index (χ2n) is 8.32. The van der Waals surface area contributed by atoms with Crippen molar-refractivity contribution in [1.29, 1.82) is 0 Å². The molecule has 39 heavy (non-hydrogen) atoms. The summed E-state index contributed by atoms with van der Waals surface area (Å²) in [5.74, 6) is 2.89. The highest BCUT2D eigenvalue weighted by molar-refractivity contribution is 7.10. The largest absolute Gasteiger partial charge is 0.493 e. The average Bonchev–Trinajstić information content (AvgIpc) is 3.60. The van der Waals surface area contributed by atoms with E-state index in [1.807, 2.05) is 60.0 Å². The molecule has 0 radical (unpaired) electrons. The maximum Gasteiger partial charge on any atom is 0.338 e. The first-order chi connectivity index (χ1) is 19.1. The van der Waals surface area contributed by atoms with Crippen molar-refractivity contribution in [2.75, 3.05) is 20.3 Å². The van der Waals surface area contributed by atoms with Crippen LogP contribution in [0.3, 0.4) is 0 Å². The molecule has 0 saturated carbocycles. The normalized spacial score (nSPS) is 14.8. The second kappa shape index (κ2) is 11.6. The van der Waals surface area contributed by atoms with Crippen LogP contribution in [-0.4, -0.2) is 30.9 Å². The minimum Gasteiger partial charge on any atom is -0.493 e. The van der Waals surface area contributed by atoms with Gasteiger partial charge in [-0.3, -0.25) is 9.36 Å². The fourth-order valence-corrected chi connectivity index (χ4v) is 6.19. The van der Waals surface area contributed by atoms with Crippen molar-refractivity contribution < 1.29 is 19.0 Å². The molecule has 196 valence electrons.